The molecule has 0 rings (SSSR count). The third kappa shape index (κ3) is 9.07. The highest BCUT2D eigenvalue weighted by Gasteiger charge is 2.10. The molecule has 2 nitrogen and oxygen atoms in total. The smallest absolute Gasteiger partial charge is 0.104 e. The van der Waals surface area contributed by atoms with Gasteiger partial charge in [0.1, 0.15) is 5.83 Å². The zero-order valence-corrected chi connectivity index (χ0v) is 11.6. The van der Waals surface area contributed by atoms with Gasteiger partial charge in [0.2, 0.25) is 0 Å². The van der Waals surface area contributed by atoms with Crippen molar-refractivity contribution in [2.75, 3.05) is 33.9 Å². The van der Waals surface area contributed by atoms with E-state index in [1.165, 1.54) is 18.9 Å². The average Bonchev–Trinajstić information content (AvgIpc) is 2.31. The summed E-state index contributed by atoms with van der Waals surface area (Å²) >= 11 is 0. The molecule has 1 unspecified atom stereocenters. The van der Waals surface area contributed by atoms with E-state index in [0.717, 1.165) is 13.1 Å². The van der Waals surface area contributed by atoms with Gasteiger partial charge in [-0.3, -0.25) is 0 Å². The lowest BCUT2D eigenvalue weighted by Gasteiger charge is -2.19. The summed E-state index contributed by atoms with van der Waals surface area (Å²) in [5.74, 6) is -0.121. The van der Waals surface area contributed by atoms with Crippen molar-refractivity contribution in [2.45, 2.75) is 26.7 Å². The molecule has 0 aliphatic heterocycles. The maximum Gasteiger partial charge on any atom is 0.104 e. The molecule has 0 radical (unpaired) electrons. The minimum atomic E-state index is -0.0688. The van der Waals surface area contributed by atoms with Gasteiger partial charge in [-0.25, -0.2) is 4.39 Å². The largest absolute Gasteiger partial charge is 0.381 e. The van der Waals surface area contributed by atoms with Crippen LogP contribution in [-0.4, -0.2) is 38.8 Å². The number of rotatable bonds is 9. The summed E-state index contributed by atoms with van der Waals surface area (Å²) in [7, 11) is 3.66. The van der Waals surface area contributed by atoms with E-state index in [2.05, 4.69) is 11.8 Å². The molecule has 0 saturated carbocycles. The zero-order chi connectivity index (χ0) is 13.1. The van der Waals surface area contributed by atoms with Gasteiger partial charge in [0.25, 0.3) is 0 Å². The molecule has 0 N–H and O–H groups in total. The fourth-order valence-electron chi connectivity index (χ4n) is 1.55. The van der Waals surface area contributed by atoms with Crippen molar-refractivity contribution in [3.63, 3.8) is 0 Å². The van der Waals surface area contributed by atoms with Gasteiger partial charge in [-0.2, -0.15) is 0 Å². The first-order chi connectivity index (χ1) is 8.11. The summed E-state index contributed by atoms with van der Waals surface area (Å²) in [6.07, 6.45) is 7.38. The predicted molar refractivity (Wildman–Crippen MR) is 71.8 cm³/mol. The van der Waals surface area contributed by atoms with E-state index in [1.807, 2.05) is 14.0 Å². The molecule has 0 bridgehead atoms. The summed E-state index contributed by atoms with van der Waals surface area (Å²) in [5, 5.41) is 0. The Morgan fingerprint density at radius 2 is 2.18 bits per heavy atom. The molecule has 17 heavy (non-hydrogen) atoms. The van der Waals surface area contributed by atoms with Crippen molar-refractivity contribution < 1.29 is 9.13 Å². The Morgan fingerprint density at radius 1 is 1.47 bits per heavy atom. The van der Waals surface area contributed by atoms with Crippen molar-refractivity contribution in [2.24, 2.45) is 5.92 Å². The summed E-state index contributed by atoms with van der Waals surface area (Å²) in [6.45, 7) is 6.40. The molecule has 0 saturated heterocycles. The van der Waals surface area contributed by atoms with Crippen molar-refractivity contribution in [1.29, 1.82) is 0 Å². The molecular weight excluding hydrogens is 217 g/mol. The minimum Gasteiger partial charge on any atom is -0.381 e. The quantitative estimate of drug-likeness (QED) is 0.575. The van der Waals surface area contributed by atoms with E-state index >= 15 is 0 Å². The van der Waals surface area contributed by atoms with Crippen LogP contribution in [0, 0.1) is 5.92 Å². The number of unbranched alkanes of at least 4 members (excludes halogenated alkanes) is 1. The highest BCUT2D eigenvalue weighted by atomic mass is 19.1. The summed E-state index contributed by atoms with van der Waals surface area (Å²) in [6, 6.07) is 0. The van der Waals surface area contributed by atoms with Crippen molar-refractivity contribution in [3.05, 3.63) is 24.1 Å². The molecule has 0 aromatic rings. The van der Waals surface area contributed by atoms with Gasteiger partial charge in [0.05, 0.1) is 6.61 Å². The maximum absolute atomic E-state index is 13.6. The van der Waals surface area contributed by atoms with Crippen LogP contribution in [0.4, 0.5) is 4.39 Å². The normalized spacial score (nSPS) is 14.8. The SMILES string of the molecule is CCCCN(C)CC(C)/C(F)=C\C=C/COC. The van der Waals surface area contributed by atoms with Gasteiger partial charge in [-0.1, -0.05) is 32.4 Å². The Labute approximate surface area is 105 Å². The lowest BCUT2D eigenvalue weighted by Crippen LogP contribution is -2.25. The molecule has 0 aliphatic rings. The van der Waals surface area contributed by atoms with Crippen LogP contribution in [0.25, 0.3) is 0 Å². The number of hydrogen-bond acceptors (Lipinski definition) is 2. The third-order valence-electron chi connectivity index (χ3n) is 2.60. The Bertz CT molecular complexity index is 238. The van der Waals surface area contributed by atoms with E-state index in [0.29, 0.717) is 6.61 Å². The van der Waals surface area contributed by atoms with Crippen LogP contribution < -0.4 is 0 Å². The van der Waals surface area contributed by atoms with Gasteiger partial charge in [-0.15, -0.1) is 0 Å². The fraction of sp³-hybridized carbons (Fsp3) is 0.714. The Kier molecular flexibility index (Phi) is 10.1. The number of halogens is 1. The molecular formula is C14H26FNO. The van der Waals surface area contributed by atoms with Gasteiger partial charge in [0, 0.05) is 19.6 Å². The lowest BCUT2D eigenvalue weighted by molar-refractivity contribution is 0.234. The number of methoxy groups -OCH3 is 1. The van der Waals surface area contributed by atoms with Crippen LogP contribution in [0.2, 0.25) is 0 Å². The van der Waals surface area contributed by atoms with E-state index < -0.39 is 0 Å². The van der Waals surface area contributed by atoms with Crippen LogP contribution in [0.15, 0.2) is 24.1 Å². The van der Waals surface area contributed by atoms with Gasteiger partial charge >= 0.3 is 0 Å². The second-order valence-electron chi connectivity index (χ2n) is 4.45. The molecule has 0 heterocycles. The molecule has 0 aromatic carbocycles. The zero-order valence-electron chi connectivity index (χ0n) is 11.6. The second-order valence-corrected chi connectivity index (χ2v) is 4.45. The topological polar surface area (TPSA) is 12.5 Å². The minimum absolute atomic E-state index is 0.0518. The first-order valence-corrected chi connectivity index (χ1v) is 6.31. The summed E-state index contributed by atoms with van der Waals surface area (Å²) in [5.41, 5.74) is 0. The van der Waals surface area contributed by atoms with E-state index in [4.69, 9.17) is 4.74 Å². The molecule has 3 heteroatoms. The van der Waals surface area contributed by atoms with Crippen LogP contribution >= 0.6 is 0 Å². The number of ether oxygens (including phenoxy) is 1. The molecule has 0 spiro atoms. The third-order valence-corrected chi connectivity index (χ3v) is 2.60. The van der Waals surface area contributed by atoms with Crippen LogP contribution in [-0.2, 0) is 4.74 Å². The lowest BCUT2D eigenvalue weighted by atomic mass is 10.1. The van der Waals surface area contributed by atoms with Crippen molar-refractivity contribution in [3.8, 4) is 0 Å². The average molecular weight is 243 g/mol. The van der Waals surface area contributed by atoms with Gasteiger partial charge in [0.15, 0.2) is 0 Å². The first-order valence-electron chi connectivity index (χ1n) is 6.31. The van der Waals surface area contributed by atoms with E-state index in [1.54, 1.807) is 19.3 Å². The highest BCUT2D eigenvalue weighted by molar-refractivity contribution is 5.09. The summed E-state index contributed by atoms with van der Waals surface area (Å²) < 4.78 is 18.5. The van der Waals surface area contributed by atoms with Crippen molar-refractivity contribution in [1.82, 2.24) is 4.90 Å². The van der Waals surface area contributed by atoms with Crippen molar-refractivity contribution >= 4 is 0 Å². The second kappa shape index (κ2) is 10.5. The Hall–Kier alpha value is -0.670. The molecule has 0 fully saturated rings. The predicted octanol–water partition coefficient (Wildman–Crippen LogP) is 3.41. The standard InChI is InChI=1S/C14H26FNO/c1-5-6-10-16(3)12-13(2)14(15)9-7-8-11-17-4/h7-9,13H,5-6,10-12H2,1-4H3/b8-7-,14-9+. The van der Waals surface area contributed by atoms with Gasteiger partial charge < -0.3 is 9.64 Å². The van der Waals surface area contributed by atoms with E-state index in [-0.39, 0.29) is 11.7 Å². The Morgan fingerprint density at radius 3 is 2.76 bits per heavy atom. The molecule has 0 aromatic heterocycles. The molecule has 0 amide bonds. The molecule has 100 valence electrons. The number of allylic oxidation sites excluding steroid dienone is 2. The molecule has 1 atom stereocenters. The fourth-order valence-corrected chi connectivity index (χ4v) is 1.55. The Balaban J connectivity index is 3.98. The maximum atomic E-state index is 13.6. The first kappa shape index (κ1) is 16.3. The number of hydrogen-bond donors (Lipinski definition) is 0. The van der Waals surface area contributed by atoms with Crippen LogP contribution in [0.1, 0.15) is 26.7 Å². The monoisotopic (exact) mass is 243 g/mol. The number of nitrogens with zero attached hydrogens (tertiary/aromatic N) is 1. The van der Waals surface area contributed by atoms with Crippen LogP contribution in [0.3, 0.4) is 0 Å². The molecule has 0 aliphatic carbocycles. The van der Waals surface area contributed by atoms with Crippen LogP contribution in [0.5, 0.6) is 0 Å². The summed E-state index contributed by atoms with van der Waals surface area (Å²) in [4.78, 5) is 2.18. The van der Waals surface area contributed by atoms with E-state index in [9.17, 15) is 4.39 Å². The van der Waals surface area contributed by atoms with Gasteiger partial charge in [-0.05, 0) is 26.1 Å². The highest BCUT2D eigenvalue weighted by Crippen LogP contribution is 2.13.